The van der Waals surface area contributed by atoms with Gasteiger partial charge in [-0.05, 0) is 73.3 Å². The summed E-state index contributed by atoms with van der Waals surface area (Å²) >= 11 is 0. The summed E-state index contributed by atoms with van der Waals surface area (Å²) in [6.07, 6.45) is 6.24. The largest absolute Gasteiger partial charge is 0.491 e. The van der Waals surface area contributed by atoms with E-state index in [1.54, 1.807) is 0 Å². The van der Waals surface area contributed by atoms with Gasteiger partial charge >= 0.3 is 0 Å². The third kappa shape index (κ3) is 4.57. The first-order chi connectivity index (χ1) is 13.6. The van der Waals surface area contributed by atoms with Crippen molar-refractivity contribution in [1.82, 2.24) is 0 Å². The summed E-state index contributed by atoms with van der Waals surface area (Å²) in [7, 11) is 0. The van der Waals surface area contributed by atoms with Crippen LogP contribution in [-0.4, -0.2) is 36.6 Å². The Kier molecular flexibility index (Phi) is 6.00. The Bertz CT molecular complexity index is 779. The summed E-state index contributed by atoms with van der Waals surface area (Å²) in [5, 5.41) is 9.52. The van der Waals surface area contributed by atoms with Crippen LogP contribution in [0.4, 0.5) is 0 Å². The molecule has 2 aliphatic rings. The molecule has 2 aromatic carbocycles. The van der Waals surface area contributed by atoms with Crippen molar-refractivity contribution in [1.29, 1.82) is 0 Å². The van der Waals surface area contributed by atoms with E-state index in [0.29, 0.717) is 19.1 Å². The number of fused-ring (bicyclic) bond motifs is 1. The van der Waals surface area contributed by atoms with E-state index >= 15 is 0 Å². The SMILES string of the molecule is N[C@]1(CO)CC[C@H](c2ccc3c(c2)CC[C@H](OCCOc2ccccc2)C3)C1. The summed E-state index contributed by atoms with van der Waals surface area (Å²) in [4.78, 5) is 0. The number of aliphatic hydroxyl groups is 1. The molecule has 28 heavy (non-hydrogen) atoms. The number of benzene rings is 2. The fourth-order valence-electron chi connectivity index (χ4n) is 4.61. The van der Waals surface area contributed by atoms with Gasteiger partial charge in [0.05, 0.1) is 19.3 Å². The molecule has 1 saturated carbocycles. The van der Waals surface area contributed by atoms with Gasteiger partial charge in [0.15, 0.2) is 0 Å². The zero-order chi connectivity index (χ0) is 19.4. The molecule has 0 saturated heterocycles. The molecular formula is C24H31NO3. The van der Waals surface area contributed by atoms with Crippen molar-refractivity contribution in [2.75, 3.05) is 19.8 Å². The number of hydrogen-bond donors (Lipinski definition) is 2. The molecule has 150 valence electrons. The van der Waals surface area contributed by atoms with Gasteiger partial charge < -0.3 is 20.3 Å². The first kappa shape index (κ1) is 19.4. The second kappa shape index (κ2) is 8.64. The average molecular weight is 382 g/mol. The number of nitrogens with two attached hydrogens (primary N) is 1. The Balaban J connectivity index is 1.27. The molecule has 0 bridgehead atoms. The van der Waals surface area contributed by atoms with Crippen LogP contribution in [0.2, 0.25) is 0 Å². The molecule has 4 heteroatoms. The Morgan fingerprint density at radius 3 is 2.68 bits per heavy atom. The maximum Gasteiger partial charge on any atom is 0.119 e. The van der Waals surface area contributed by atoms with Gasteiger partial charge in [0, 0.05) is 5.54 Å². The number of para-hydroxylation sites is 1. The maximum absolute atomic E-state index is 9.52. The van der Waals surface area contributed by atoms with Crippen LogP contribution in [0.3, 0.4) is 0 Å². The van der Waals surface area contributed by atoms with E-state index in [2.05, 4.69) is 18.2 Å². The number of aliphatic hydroxyl groups excluding tert-OH is 1. The van der Waals surface area contributed by atoms with Crippen LogP contribution in [0.15, 0.2) is 48.5 Å². The molecule has 2 aliphatic carbocycles. The van der Waals surface area contributed by atoms with Crippen LogP contribution in [0.5, 0.6) is 5.75 Å². The van der Waals surface area contributed by atoms with Gasteiger partial charge in [0.2, 0.25) is 0 Å². The van der Waals surface area contributed by atoms with Gasteiger partial charge in [-0.15, -0.1) is 0 Å². The minimum absolute atomic E-state index is 0.0848. The maximum atomic E-state index is 9.52. The number of rotatable bonds is 7. The van der Waals surface area contributed by atoms with Crippen molar-refractivity contribution in [3.8, 4) is 5.75 Å². The van der Waals surface area contributed by atoms with E-state index in [1.807, 2.05) is 30.3 Å². The number of ether oxygens (including phenoxy) is 2. The van der Waals surface area contributed by atoms with Gasteiger partial charge in [0.25, 0.3) is 0 Å². The summed E-state index contributed by atoms with van der Waals surface area (Å²) in [6, 6.07) is 16.8. The van der Waals surface area contributed by atoms with Crippen molar-refractivity contribution in [3.05, 3.63) is 65.2 Å². The smallest absolute Gasteiger partial charge is 0.119 e. The zero-order valence-corrected chi connectivity index (χ0v) is 16.5. The molecule has 0 unspecified atom stereocenters. The van der Waals surface area contributed by atoms with E-state index in [-0.39, 0.29) is 18.2 Å². The lowest BCUT2D eigenvalue weighted by Crippen LogP contribution is -2.40. The van der Waals surface area contributed by atoms with Crippen LogP contribution in [0.25, 0.3) is 0 Å². The van der Waals surface area contributed by atoms with Crippen molar-refractivity contribution in [2.24, 2.45) is 5.73 Å². The minimum Gasteiger partial charge on any atom is -0.491 e. The highest BCUT2D eigenvalue weighted by atomic mass is 16.5. The molecule has 0 spiro atoms. The summed E-state index contributed by atoms with van der Waals surface area (Å²) in [5.41, 5.74) is 10.1. The Labute approximate surface area is 167 Å². The molecule has 0 amide bonds. The Hall–Kier alpha value is -1.88. The topological polar surface area (TPSA) is 64.7 Å². The molecule has 1 fully saturated rings. The quantitative estimate of drug-likeness (QED) is 0.720. The second-order valence-corrected chi connectivity index (χ2v) is 8.39. The predicted octanol–water partition coefficient (Wildman–Crippen LogP) is 3.60. The Morgan fingerprint density at radius 2 is 1.89 bits per heavy atom. The van der Waals surface area contributed by atoms with E-state index < -0.39 is 0 Å². The van der Waals surface area contributed by atoms with Gasteiger partial charge in [-0.1, -0.05) is 36.4 Å². The highest BCUT2D eigenvalue weighted by Gasteiger charge is 2.36. The van der Waals surface area contributed by atoms with E-state index in [9.17, 15) is 5.11 Å². The van der Waals surface area contributed by atoms with Crippen molar-refractivity contribution < 1.29 is 14.6 Å². The van der Waals surface area contributed by atoms with E-state index in [4.69, 9.17) is 15.2 Å². The first-order valence-corrected chi connectivity index (χ1v) is 10.5. The van der Waals surface area contributed by atoms with Gasteiger partial charge in [0.1, 0.15) is 12.4 Å². The van der Waals surface area contributed by atoms with E-state index in [0.717, 1.165) is 44.3 Å². The first-order valence-electron chi connectivity index (χ1n) is 10.5. The lowest BCUT2D eigenvalue weighted by molar-refractivity contribution is 0.0262. The van der Waals surface area contributed by atoms with Gasteiger partial charge in [-0.25, -0.2) is 0 Å². The minimum atomic E-state index is -0.388. The molecule has 4 nitrogen and oxygen atoms in total. The average Bonchev–Trinajstić information content (AvgIpc) is 3.14. The summed E-state index contributed by atoms with van der Waals surface area (Å²) < 4.78 is 11.8. The molecule has 0 heterocycles. The second-order valence-electron chi connectivity index (χ2n) is 8.39. The van der Waals surface area contributed by atoms with Gasteiger partial charge in [-0.2, -0.15) is 0 Å². The van der Waals surface area contributed by atoms with Crippen LogP contribution < -0.4 is 10.5 Å². The molecule has 3 atom stereocenters. The monoisotopic (exact) mass is 381 g/mol. The highest BCUT2D eigenvalue weighted by Crippen LogP contribution is 2.40. The van der Waals surface area contributed by atoms with Crippen LogP contribution in [0.1, 0.15) is 48.3 Å². The predicted molar refractivity (Wildman–Crippen MR) is 111 cm³/mol. The van der Waals surface area contributed by atoms with Crippen molar-refractivity contribution in [3.63, 3.8) is 0 Å². The normalized spacial score (nSPS) is 26.8. The van der Waals surface area contributed by atoms with Crippen molar-refractivity contribution >= 4 is 0 Å². The van der Waals surface area contributed by atoms with Gasteiger partial charge in [-0.3, -0.25) is 0 Å². The van der Waals surface area contributed by atoms with Crippen molar-refractivity contribution in [2.45, 2.75) is 56.1 Å². The number of hydrogen-bond acceptors (Lipinski definition) is 4. The zero-order valence-electron chi connectivity index (χ0n) is 16.5. The lowest BCUT2D eigenvalue weighted by atomic mass is 9.85. The summed E-state index contributed by atoms with van der Waals surface area (Å²) in [5.74, 6) is 1.37. The third-order valence-electron chi connectivity index (χ3n) is 6.29. The number of aryl methyl sites for hydroxylation is 1. The highest BCUT2D eigenvalue weighted by molar-refractivity contribution is 5.37. The Morgan fingerprint density at radius 1 is 1.04 bits per heavy atom. The molecule has 0 aromatic heterocycles. The van der Waals surface area contributed by atoms with Crippen LogP contribution in [-0.2, 0) is 17.6 Å². The standard InChI is InChI=1S/C24H31NO3/c25-24(17-26)11-10-21(16-24)19-6-7-20-15-23(9-8-18(20)14-19)28-13-12-27-22-4-2-1-3-5-22/h1-7,14,21,23,26H,8-13,15-17,25H2/t21-,23-,24+/m0/s1. The molecule has 3 N–H and O–H groups in total. The molecule has 4 rings (SSSR count). The fraction of sp³-hybridized carbons (Fsp3) is 0.500. The molecular weight excluding hydrogens is 350 g/mol. The molecule has 0 radical (unpaired) electrons. The molecule has 0 aliphatic heterocycles. The lowest BCUT2D eigenvalue weighted by Gasteiger charge is -2.26. The van der Waals surface area contributed by atoms with Crippen LogP contribution >= 0.6 is 0 Å². The molecule has 2 aromatic rings. The summed E-state index contributed by atoms with van der Waals surface area (Å²) in [6.45, 7) is 1.29. The van der Waals surface area contributed by atoms with Crippen LogP contribution in [0, 0.1) is 0 Å². The van der Waals surface area contributed by atoms with E-state index in [1.165, 1.54) is 16.7 Å². The third-order valence-corrected chi connectivity index (χ3v) is 6.29. The fourth-order valence-corrected chi connectivity index (χ4v) is 4.61.